The summed E-state index contributed by atoms with van der Waals surface area (Å²) in [4.78, 5) is 11.3. The highest BCUT2D eigenvalue weighted by Crippen LogP contribution is 2.34. The standard InChI is InChI=1S/C16H24N2O/c19-12-14-11-18(15-9-5-6-10-15)17-16(14)13-7-3-1-2-4-8-13/h11-13,15H,1-10H2. The molecular formula is C16H24N2O. The summed E-state index contributed by atoms with van der Waals surface area (Å²) in [5, 5.41) is 4.81. The lowest BCUT2D eigenvalue weighted by Gasteiger charge is -2.13. The number of rotatable bonds is 3. The fourth-order valence-electron chi connectivity index (χ4n) is 3.74. The highest BCUT2D eigenvalue weighted by atomic mass is 16.1. The highest BCUT2D eigenvalue weighted by Gasteiger charge is 2.24. The van der Waals surface area contributed by atoms with Crippen LogP contribution in [0.4, 0.5) is 0 Å². The van der Waals surface area contributed by atoms with Crippen molar-refractivity contribution in [1.29, 1.82) is 0 Å². The van der Waals surface area contributed by atoms with Crippen molar-refractivity contribution in [3.8, 4) is 0 Å². The minimum atomic E-state index is 0.519. The van der Waals surface area contributed by atoms with Gasteiger partial charge in [-0.1, -0.05) is 38.5 Å². The maximum Gasteiger partial charge on any atom is 0.153 e. The Morgan fingerprint density at radius 1 is 1.00 bits per heavy atom. The van der Waals surface area contributed by atoms with Gasteiger partial charge in [-0.25, -0.2) is 0 Å². The number of aldehydes is 1. The van der Waals surface area contributed by atoms with Crippen LogP contribution in [0.1, 0.15) is 92.2 Å². The van der Waals surface area contributed by atoms with Gasteiger partial charge in [0.05, 0.1) is 17.3 Å². The van der Waals surface area contributed by atoms with Crippen molar-refractivity contribution in [2.24, 2.45) is 0 Å². The van der Waals surface area contributed by atoms with Crippen LogP contribution in [0, 0.1) is 0 Å². The van der Waals surface area contributed by atoms with Crippen LogP contribution in [0.5, 0.6) is 0 Å². The molecule has 0 aliphatic heterocycles. The largest absolute Gasteiger partial charge is 0.298 e. The second-order valence-corrected chi connectivity index (χ2v) is 6.19. The van der Waals surface area contributed by atoms with Gasteiger partial charge in [0.2, 0.25) is 0 Å². The number of hydrogen-bond donors (Lipinski definition) is 0. The molecule has 2 aliphatic carbocycles. The monoisotopic (exact) mass is 260 g/mol. The first-order valence-electron chi connectivity index (χ1n) is 7.92. The van der Waals surface area contributed by atoms with Gasteiger partial charge in [0, 0.05) is 12.1 Å². The molecule has 2 saturated carbocycles. The summed E-state index contributed by atoms with van der Waals surface area (Å²) < 4.78 is 2.09. The Morgan fingerprint density at radius 2 is 1.63 bits per heavy atom. The molecule has 0 spiro atoms. The van der Waals surface area contributed by atoms with E-state index in [1.54, 1.807) is 0 Å². The van der Waals surface area contributed by atoms with Gasteiger partial charge in [-0.2, -0.15) is 5.10 Å². The van der Waals surface area contributed by atoms with Crippen molar-refractivity contribution in [3.63, 3.8) is 0 Å². The molecule has 3 heteroatoms. The lowest BCUT2D eigenvalue weighted by molar-refractivity contribution is 0.112. The van der Waals surface area contributed by atoms with E-state index in [-0.39, 0.29) is 0 Å². The van der Waals surface area contributed by atoms with Crippen molar-refractivity contribution in [1.82, 2.24) is 9.78 Å². The average Bonchev–Trinajstić information content (AvgIpc) is 3.02. The summed E-state index contributed by atoms with van der Waals surface area (Å²) in [6.07, 6.45) is 15.8. The third kappa shape index (κ3) is 2.75. The molecule has 1 aromatic heterocycles. The number of carbonyl (C=O) groups is 1. The predicted octanol–water partition coefficient (Wildman–Crippen LogP) is 4.25. The number of carbonyl (C=O) groups excluding carboxylic acids is 1. The second-order valence-electron chi connectivity index (χ2n) is 6.19. The molecule has 2 fully saturated rings. The van der Waals surface area contributed by atoms with E-state index in [9.17, 15) is 4.79 Å². The van der Waals surface area contributed by atoms with E-state index in [2.05, 4.69) is 4.68 Å². The van der Waals surface area contributed by atoms with Gasteiger partial charge < -0.3 is 0 Å². The molecule has 0 saturated heterocycles. The third-order valence-corrected chi connectivity index (χ3v) is 4.86. The SMILES string of the molecule is O=Cc1cn(C2CCCC2)nc1C1CCCCCC1. The van der Waals surface area contributed by atoms with Gasteiger partial charge >= 0.3 is 0 Å². The quantitative estimate of drug-likeness (QED) is 0.601. The van der Waals surface area contributed by atoms with Crippen LogP contribution in [0.3, 0.4) is 0 Å². The molecule has 0 N–H and O–H groups in total. The van der Waals surface area contributed by atoms with Crippen LogP contribution in [-0.4, -0.2) is 16.1 Å². The Balaban J connectivity index is 1.84. The Kier molecular flexibility index (Phi) is 4.00. The summed E-state index contributed by atoms with van der Waals surface area (Å²) in [5.74, 6) is 0.519. The van der Waals surface area contributed by atoms with E-state index in [1.807, 2.05) is 6.20 Å². The number of aromatic nitrogens is 2. The Hall–Kier alpha value is -1.12. The normalized spacial score (nSPS) is 22.5. The van der Waals surface area contributed by atoms with Crippen LogP contribution >= 0.6 is 0 Å². The Bertz CT molecular complexity index is 424. The van der Waals surface area contributed by atoms with Crippen LogP contribution in [0.15, 0.2) is 6.20 Å². The smallest absolute Gasteiger partial charge is 0.153 e. The molecule has 19 heavy (non-hydrogen) atoms. The zero-order valence-electron chi connectivity index (χ0n) is 11.7. The molecule has 104 valence electrons. The van der Waals surface area contributed by atoms with Crippen molar-refractivity contribution in [2.45, 2.75) is 76.2 Å². The maximum absolute atomic E-state index is 11.3. The molecule has 2 aliphatic rings. The van der Waals surface area contributed by atoms with Gasteiger partial charge in [-0.05, 0) is 25.7 Å². The van der Waals surface area contributed by atoms with E-state index in [0.29, 0.717) is 12.0 Å². The minimum absolute atomic E-state index is 0.519. The molecule has 0 unspecified atom stereocenters. The van der Waals surface area contributed by atoms with Gasteiger partial charge in [-0.3, -0.25) is 9.48 Å². The van der Waals surface area contributed by atoms with E-state index >= 15 is 0 Å². The van der Waals surface area contributed by atoms with Crippen molar-refractivity contribution in [3.05, 3.63) is 17.5 Å². The zero-order valence-corrected chi connectivity index (χ0v) is 11.7. The Morgan fingerprint density at radius 3 is 2.26 bits per heavy atom. The minimum Gasteiger partial charge on any atom is -0.298 e. The van der Waals surface area contributed by atoms with Gasteiger partial charge in [0.15, 0.2) is 6.29 Å². The van der Waals surface area contributed by atoms with Gasteiger partial charge in [0.1, 0.15) is 0 Å². The predicted molar refractivity (Wildman–Crippen MR) is 75.6 cm³/mol. The van der Waals surface area contributed by atoms with E-state index in [1.165, 1.54) is 64.2 Å². The summed E-state index contributed by atoms with van der Waals surface area (Å²) in [5.41, 5.74) is 1.93. The first-order chi connectivity index (χ1) is 9.38. The summed E-state index contributed by atoms with van der Waals surface area (Å²) >= 11 is 0. The third-order valence-electron chi connectivity index (χ3n) is 4.86. The molecule has 0 bridgehead atoms. The second kappa shape index (κ2) is 5.89. The average molecular weight is 260 g/mol. The highest BCUT2D eigenvalue weighted by molar-refractivity contribution is 5.76. The topological polar surface area (TPSA) is 34.9 Å². The molecule has 0 amide bonds. The van der Waals surface area contributed by atoms with E-state index in [0.717, 1.165) is 17.5 Å². The maximum atomic E-state index is 11.3. The van der Waals surface area contributed by atoms with Crippen LogP contribution in [-0.2, 0) is 0 Å². The van der Waals surface area contributed by atoms with Crippen molar-refractivity contribution in [2.75, 3.05) is 0 Å². The fraction of sp³-hybridized carbons (Fsp3) is 0.750. The first kappa shape index (κ1) is 12.9. The van der Waals surface area contributed by atoms with Crippen LogP contribution in [0.25, 0.3) is 0 Å². The molecule has 1 aromatic rings. The van der Waals surface area contributed by atoms with Gasteiger partial charge in [0.25, 0.3) is 0 Å². The van der Waals surface area contributed by atoms with Gasteiger partial charge in [-0.15, -0.1) is 0 Å². The molecule has 3 nitrogen and oxygen atoms in total. The van der Waals surface area contributed by atoms with Crippen LogP contribution in [0.2, 0.25) is 0 Å². The molecule has 3 rings (SSSR count). The van der Waals surface area contributed by atoms with E-state index < -0.39 is 0 Å². The molecule has 0 aromatic carbocycles. The lowest BCUT2D eigenvalue weighted by atomic mass is 9.94. The number of nitrogens with zero attached hydrogens (tertiary/aromatic N) is 2. The number of hydrogen-bond acceptors (Lipinski definition) is 2. The molecule has 0 radical (unpaired) electrons. The molecular weight excluding hydrogens is 236 g/mol. The van der Waals surface area contributed by atoms with Crippen molar-refractivity contribution >= 4 is 6.29 Å². The van der Waals surface area contributed by atoms with Crippen LogP contribution < -0.4 is 0 Å². The van der Waals surface area contributed by atoms with Crippen molar-refractivity contribution < 1.29 is 4.79 Å². The fourth-order valence-corrected chi connectivity index (χ4v) is 3.74. The summed E-state index contributed by atoms with van der Waals surface area (Å²) in [6.45, 7) is 0. The zero-order chi connectivity index (χ0) is 13.1. The first-order valence-corrected chi connectivity index (χ1v) is 7.92. The molecule has 1 heterocycles. The Labute approximate surface area is 115 Å². The van der Waals surface area contributed by atoms with E-state index in [4.69, 9.17) is 5.10 Å². The summed E-state index contributed by atoms with van der Waals surface area (Å²) in [7, 11) is 0. The summed E-state index contributed by atoms with van der Waals surface area (Å²) in [6, 6.07) is 0.540. The lowest BCUT2D eigenvalue weighted by Crippen LogP contribution is -2.07. The molecule has 0 atom stereocenters.